The van der Waals surface area contributed by atoms with Crippen LogP contribution in [0.25, 0.3) is 0 Å². The van der Waals surface area contributed by atoms with Gasteiger partial charge in [0.15, 0.2) is 0 Å². The highest BCUT2D eigenvalue weighted by Gasteiger charge is 2.22. The van der Waals surface area contributed by atoms with Crippen molar-refractivity contribution >= 4 is 21.6 Å². The number of hydrogen-bond acceptors (Lipinski definition) is 4. The minimum atomic E-state index is -3.76. The SMILES string of the molecule is CCOCc1ccccc1CNS(=O)(=O)c1ncn(C)c1Cl. The predicted octanol–water partition coefficient (Wildman–Crippen LogP) is 2.09. The van der Waals surface area contributed by atoms with E-state index >= 15 is 0 Å². The highest BCUT2D eigenvalue weighted by Crippen LogP contribution is 2.19. The number of aryl methyl sites for hydroxylation is 1. The van der Waals surface area contributed by atoms with E-state index in [1.54, 1.807) is 7.05 Å². The molecule has 2 rings (SSSR count). The van der Waals surface area contributed by atoms with Crippen LogP contribution in [0.5, 0.6) is 0 Å². The van der Waals surface area contributed by atoms with E-state index in [1.807, 2.05) is 31.2 Å². The maximum atomic E-state index is 12.3. The molecule has 120 valence electrons. The van der Waals surface area contributed by atoms with Crippen molar-refractivity contribution in [2.24, 2.45) is 7.05 Å². The molecule has 0 saturated heterocycles. The molecule has 0 aliphatic carbocycles. The normalized spacial score (nSPS) is 11.8. The van der Waals surface area contributed by atoms with Crippen LogP contribution in [-0.2, 0) is 35.0 Å². The van der Waals surface area contributed by atoms with E-state index in [-0.39, 0.29) is 16.7 Å². The van der Waals surface area contributed by atoms with Gasteiger partial charge in [0.25, 0.3) is 10.0 Å². The van der Waals surface area contributed by atoms with Gasteiger partial charge in [0.2, 0.25) is 5.03 Å². The highest BCUT2D eigenvalue weighted by molar-refractivity contribution is 7.89. The van der Waals surface area contributed by atoms with Crippen LogP contribution in [0.3, 0.4) is 0 Å². The first-order valence-electron chi connectivity index (χ1n) is 6.76. The van der Waals surface area contributed by atoms with Crippen LogP contribution in [0, 0.1) is 0 Å². The van der Waals surface area contributed by atoms with E-state index in [0.717, 1.165) is 11.1 Å². The van der Waals surface area contributed by atoms with Crippen molar-refractivity contribution in [2.75, 3.05) is 6.61 Å². The van der Waals surface area contributed by atoms with Gasteiger partial charge in [-0.1, -0.05) is 35.9 Å². The highest BCUT2D eigenvalue weighted by atomic mass is 35.5. The summed E-state index contributed by atoms with van der Waals surface area (Å²) in [6, 6.07) is 7.51. The number of nitrogens with zero attached hydrogens (tertiary/aromatic N) is 2. The Hall–Kier alpha value is -1.41. The summed E-state index contributed by atoms with van der Waals surface area (Å²) in [5, 5.41) is -0.0888. The van der Waals surface area contributed by atoms with Crippen LogP contribution in [0.2, 0.25) is 5.15 Å². The lowest BCUT2D eigenvalue weighted by atomic mass is 10.1. The number of sulfonamides is 1. The number of aromatic nitrogens is 2. The summed E-state index contributed by atoms with van der Waals surface area (Å²) in [6.45, 7) is 3.11. The van der Waals surface area contributed by atoms with Gasteiger partial charge in [0, 0.05) is 20.2 Å². The lowest BCUT2D eigenvalue weighted by Crippen LogP contribution is -2.24. The molecule has 1 aromatic carbocycles. The number of hydrogen-bond donors (Lipinski definition) is 1. The van der Waals surface area contributed by atoms with E-state index in [4.69, 9.17) is 16.3 Å². The second kappa shape index (κ2) is 7.23. The van der Waals surface area contributed by atoms with Crippen LogP contribution in [0.15, 0.2) is 35.6 Å². The molecule has 0 fully saturated rings. The van der Waals surface area contributed by atoms with Gasteiger partial charge in [-0.25, -0.2) is 18.1 Å². The molecule has 0 atom stereocenters. The summed E-state index contributed by atoms with van der Waals surface area (Å²) >= 11 is 5.94. The monoisotopic (exact) mass is 343 g/mol. The Balaban J connectivity index is 2.14. The first kappa shape index (κ1) is 17.0. The van der Waals surface area contributed by atoms with Crippen LogP contribution < -0.4 is 4.72 Å². The van der Waals surface area contributed by atoms with Crippen molar-refractivity contribution in [3.05, 3.63) is 46.9 Å². The molecule has 22 heavy (non-hydrogen) atoms. The minimum absolute atomic E-state index is 0.0788. The van der Waals surface area contributed by atoms with E-state index in [2.05, 4.69) is 9.71 Å². The molecule has 6 nitrogen and oxygen atoms in total. The molecule has 0 radical (unpaired) electrons. The van der Waals surface area contributed by atoms with Crippen LogP contribution in [0.1, 0.15) is 18.1 Å². The average Bonchev–Trinajstić information content (AvgIpc) is 2.84. The van der Waals surface area contributed by atoms with Crippen molar-refractivity contribution in [1.82, 2.24) is 14.3 Å². The van der Waals surface area contributed by atoms with E-state index in [1.165, 1.54) is 10.9 Å². The molecule has 0 aliphatic heterocycles. The third-order valence-electron chi connectivity index (χ3n) is 3.12. The van der Waals surface area contributed by atoms with Gasteiger partial charge >= 0.3 is 0 Å². The first-order chi connectivity index (χ1) is 10.5. The Bertz CT molecular complexity index is 744. The summed E-state index contributed by atoms with van der Waals surface area (Å²) in [5.74, 6) is 0. The maximum Gasteiger partial charge on any atom is 0.261 e. The Morgan fingerprint density at radius 2 is 2.00 bits per heavy atom. The summed E-state index contributed by atoms with van der Waals surface area (Å²) in [4.78, 5) is 3.83. The quantitative estimate of drug-likeness (QED) is 0.835. The molecule has 0 unspecified atom stereocenters. The molecule has 1 heterocycles. The third-order valence-corrected chi connectivity index (χ3v) is 5.01. The van der Waals surface area contributed by atoms with Crippen molar-refractivity contribution in [1.29, 1.82) is 0 Å². The summed E-state index contributed by atoms with van der Waals surface area (Å²) in [5.41, 5.74) is 1.80. The fraction of sp³-hybridized carbons (Fsp3) is 0.357. The molecule has 2 aromatic rings. The summed E-state index contributed by atoms with van der Waals surface area (Å²) in [7, 11) is -2.13. The molecule has 0 spiro atoms. The lowest BCUT2D eigenvalue weighted by molar-refractivity contribution is 0.133. The number of rotatable bonds is 7. The molecule has 1 aromatic heterocycles. The van der Waals surface area contributed by atoms with Crippen molar-refractivity contribution in [3.63, 3.8) is 0 Å². The summed E-state index contributed by atoms with van der Waals surface area (Å²) < 4.78 is 33.9. The van der Waals surface area contributed by atoms with Crippen molar-refractivity contribution in [3.8, 4) is 0 Å². The van der Waals surface area contributed by atoms with Crippen LogP contribution in [0.4, 0.5) is 0 Å². The van der Waals surface area contributed by atoms with Crippen LogP contribution >= 0.6 is 11.6 Å². The molecule has 0 amide bonds. The fourth-order valence-electron chi connectivity index (χ4n) is 1.90. The van der Waals surface area contributed by atoms with Gasteiger partial charge in [-0.05, 0) is 18.1 Å². The predicted molar refractivity (Wildman–Crippen MR) is 84.0 cm³/mol. The number of ether oxygens (including phenoxy) is 1. The molecule has 0 bridgehead atoms. The molecule has 0 saturated carbocycles. The van der Waals surface area contributed by atoms with Gasteiger partial charge < -0.3 is 9.30 Å². The molecular formula is C14H18ClN3O3S. The van der Waals surface area contributed by atoms with Gasteiger partial charge in [-0.15, -0.1) is 0 Å². The minimum Gasteiger partial charge on any atom is -0.377 e. The zero-order valence-electron chi connectivity index (χ0n) is 12.4. The molecule has 1 N–H and O–H groups in total. The number of benzene rings is 1. The standard InChI is InChI=1S/C14H18ClN3O3S/c1-3-21-9-12-7-5-4-6-11(12)8-17-22(19,20)14-13(15)18(2)10-16-14/h4-7,10,17H,3,8-9H2,1-2H3. The number of halogens is 1. The Morgan fingerprint density at radius 1 is 1.32 bits per heavy atom. The number of nitrogens with one attached hydrogen (secondary N) is 1. The Kier molecular flexibility index (Phi) is 5.57. The largest absolute Gasteiger partial charge is 0.377 e. The molecule has 8 heteroatoms. The van der Waals surface area contributed by atoms with Crippen molar-refractivity contribution in [2.45, 2.75) is 25.1 Å². The first-order valence-corrected chi connectivity index (χ1v) is 8.62. The number of imidazole rings is 1. The molecule has 0 aliphatic rings. The van der Waals surface area contributed by atoms with E-state index < -0.39 is 10.0 Å². The summed E-state index contributed by atoms with van der Waals surface area (Å²) in [6.07, 6.45) is 1.36. The molecular weight excluding hydrogens is 326 g/mol. The van der Waals surface area contributed by atoms with Gasteiger partial charge in [-0.3, -0.25) is 0 Å². The fourth-order valence-corrected chi connectivity index (χ4v) is 3.33. The zero-order chi connectivity index (χ0) is 16.2. The second-order valence-corrected chi connectivity index (χ2v) is 6.72. The Labute approximate surface area is 135 Å². The van der Waals surface area contributed by atoms with Gasteiger partial charge in [0.05, 0.1) is 12.9 Å². The smallest absolute Gasteiger partial charge is 0.261 e. The van der Waals surface area contributed by atoms with Crippen LogP contribution in [-0.4, -0.2) is 24.6 Å². The van der Waals surface area contributed by atoms with E-state index in [0.29, 0.717) is 13.2 Å². The maximum absolute atomic E-state index is 12.3. The second-order valence-electron chi connectivity index (χ2n) is 4.68. The average molecular weight is 344 g/mol. The third kappa shape index (κ3) is 3.86. The Morgan fingerprint density at radius 3 is 2.59 bits per heavy atom. The van der Waals surface area contributed by atoms with E-state index in [9.17, 15) is 8.42 Å². The van der Waals surface area contributed by atoms with Gasteiger partial charge in [-0.2, -0.15) is 0 Å². The zero-order valence-corrected chi connectivity index (χ0v) is 14.0. The lowest BCUT2D eigenvalue weighted by Gasteiger charge is -2.10. The topological polar surface area (TPSA) is 73.2 Å². The van der Waals surface area contributed by atoms with Gasteiger partial charge in [0.1, 0.15) is 5.15 Å². The van der Waals surface area contributed by atoms with Crippen molar-refractivity contribution < 1.29 is 13.2 Å².